The molecule has 0 radical (unpaired) electrons. The first-order chi connectivity index (χ1) is 22.9. The molecule has 13 nitrogen and oxygen atoms in total. The number of nitrogens with one attached hydrogen (secondary N) is 4. The minimum absolute atomic E-state index is 0.00514. The summed E-state index contributed by atoms with van der Waals surface area (Å²) in [5.74, 6) is -2.37. The lowest BCUT2D eigenvalue weighted by atomic mass is 9.84. The molecule has 0 bridgehead atoms. The van der Waals surface area contributed by atoms with Gasteiger partial charge >= 0.3 is 6.03 Å². The van der Waals surface area contributed by atoms with Crippen LogP contribution in [0.25, 0.3) is 0 Å². The van der Waals surface area contributed by atoms with E-state index >= 15 is 0 Å². The maximum Gasteiger partial charge on any atom is 0.315 e. The van der Waals surface area contributed by atoms with E-state index in [0.29, 0.717) is 19.4 Å². The number of aromatic nitrogens is 1. The number of likely N-dealkylation sites (N-methyl/N-ethyl adjacent to an activating group) is 1. The molecule has 0 spiro atoms. The van der Waals surface area contributed by atoms with Gasteiger partial charge in [-0.2, -0.15) is 0 Å². The SMILES string of the molecule is CC(C)[C@H]1CCN(C(=O)[C@@H](NC(=O)N[C@H](CN(C)S(C)(=O)=O)C(C)(C)C)C(C)(C)C)[C@@H]1C(=O)N[C@@H](CC(F)F)C(=O)NCCCn1cccc1. The van der Waals surface area contributed by atoms with E-state index in [1.807, 2.05) is 63.7 Å². The van der Waals surface area contributed by atoms with E-state index in [1.165, 1.54) is 11.9 Å². The number of carbonyl (C=O) groups excluding carboxylic acids is 4. The Morgan fingerprint density at radius 3 is 2.06 bits per heavy atom. The van der Waals surface area contributed by atoms with Crippen molar-refractivity contribution in [2.24, 2.45) is 22.7 Å². The number of halogens is 2. The summed E-state index contributed by atoms with van der Waals surface area (Å²) in [4.78, 5) is 56.0. The molecule has 1 fully saturated rings. The molecular weight excluding hydrogens is 672 g/mol. The summed E-state index contributed by atoms with van der Waals surface area (Å²) in [6.45, 7) is 15.7. The van der Waals surface area contributed by atoms with Crippen LogP contribution in [0.3, 0.4) is 0 Å². The van der Waals surface area contributed by atoms with Crippen molar-refractivity contribution in [1.82, 2.24) is 35.0 Å². The molecular formula is C34H59F2N7O6S. The second kappa shape index (κ2) is 17.8. The van der Waals surface area contributed by atoms with Gasteiger partial charge in [0.25, 0.3) is 0 Å². The van der Waals surface area contributed by atoms with Gasteiger partial charge in [-0.3, -0.25) is 14.4 Å². The standard InChI is InChI=1S/C34H59F2N7O6S/c1-22(2)23-14-19-43(27(23)30(45)38-24(20-26(35)36)29(44)37-15-13-18-42-16-11-12-17-42)31(46)28(34(6,7)8)40-32(47)39-25(33(3,4)5)21-41(9)50(10,48)49/h11-12,16-17,22-28H,13-15,18-21H2,1-10H3,(H,37,44)(H,38,45)(H2,39,40,47)/t23-,24+,25-,27+,28-/m1/s1. The van der Waals surface area contributed by atoms with Gasteiger partial charge in [0.1, 0.15) is 18.1 Å². The molecule has 16 heteroatoms. The molecule has 1 saturated heterocycles. The molecule has 2 heterocycles. The summed E-state index contributed by atoms with van der Waals surface area (Å²) in [6, 6.07) is -1.27. The number of aryl methyl sites for hydroxylation is 1. The summed E-state index contributed by atoms with van der Waals surface area (Å²) in [6.07, 6.45) is 2.07. The summed E-state index contributed by atoms with van der Waals surface area (Å²) >= 11 is 0. The fourth-order valence-electron chi connectivity index (χ4n) is 5.95. The molecule has 1 aliphatic rings. The number of alkyl halides is 2. The number of hydrogen-bond donors (Lipinski definition) is 4. The van der Waals surface area contributed by atoms with Crippen molar-refractivity contribution in [1.29, 1.82) is 0 Å². The van der Waals surface area contributed by atoms with Crippen LogP contribution in [0.5, 0.6) is 0 Å². The fourth-order valence-corrected chi connectivity index (χ4v) is 6.37. The number of rotatable bonds is 16. The highest BCUT2D eigenvalue weighted by molar-refractivity contribution is 7.88. The highest BCUT2D eigenvalue weighted by Gasteiger charge is 2.48. The third-order valence-electron chi connectivity index (χ3n) is 9.20. The van der Waals surface area contributed by atoms with Crippen LogP contribution in [0, 0.1) is 22.7 Å². The molecule has 50 heavy (non-hydrogen) atoms. The van der Waals surface area contributed by atoms with Crippen LogP contribution in [0.1, 0.15) is 74.7 Å². The quantitative estimate of drug-likeness (QED) is 0.191. The molecule has 286 valence electrons. The molecule has 0 saturated carbocycles. The largest absolute Gasteiger partial charge is 0.354 e. The third-order valence-corrected chi connectivity index (χ3v) is 10.5. The highest BCUT2D eigenvalue weighted by atomic mass is 32.2. The predicted molar refractivity (Wildman–Crippen MR) is 189 cm³/mol. The van der Waals surface area contributed by atoms with E-state index in [2.05, 4.69) is 21.3 Å². The van der Waals surface area contributed by atoms with Crippen LogP contribution >= 0.6 is 0 Å². The van der Waals surface area contributed by atoms with Crippen molar-refractivity contribution < 1.29 is 36.4 Å². The Morgan fingerprint density at radius 1 is 0.960 bits per heavy atom. The van der Waals surface area contributed by atoms with E-state index in [4.69, 9.17) is 0 Å². The number of amides is 5. The van der Waals surface area contributed by atoms with Crippen molar-refractivity contribution >= 4 is 33.8 Å². The average molecular weight is 732 g/mol. The molecule has 2 rings (SSSR count). The Hall–Kier alpha value is -3.27. The van der Waals surface area contributed by atoms with Crippen LogP contribution in [0.4, 0.5) is 13.6 Å². The molecule has 5 atom stereocenters. The second-order valence-electron chi connectivity index (χ2n) is 15.8. The number of carbonyl (C=O) groups is 4. The normalized spacial score (nSPS) is 19.0. The van der Waals surface area contributed by atoms with Crippen LogP contribution in [0.2, 0.25) is 0 Å². The number of nitrogens with zero attached hydrogens (tertiary/aromatic N) is 3. The Balaban J connectivity index is 2.27. The fraction of sp³-hybridized carbons (Fsp3) is 0.765. The Bertz CT molecular complexity index is 1390. The van der Waals surface area contributed by atoms with Gasteiger partial charge in [0.15, 0.2) is 0 Å². The lowest BCUT2D eigenvalue weighted by Gasteiger charge is -2.38. The molecule has 0 aromatic carbocycles. The van der Waals surface area contributed by atoms with Gasteiger partial charge in [-0.05, 0) is 47.6 Å². The third kappa shape index (κ3) is 12.8. The number of likely N-dealkylation sites (tertiary alicyclic amines) is 1. The molecule has 1 aromatic heterocycles. The van der Waals surface area contributed by atoms with Crippen LogP contribution in [-0.2, 0) is 31.0 Å². The smallest absolute Gasteiger partial charge is 0.315 e. The summed E-state index contributed by atoms with van der Waals surface area (Å²) in [5.41, 5.74) is -1.38. The Kier molecular flexibility index (Phi) is 15.3. The van der Waals surface area contributed by atoms with Gasteiger partial charge in [-0.1, -0.05) is 55.4 Å². The van der Waals surface area contributed by atoms with Crippen molar-refractivity contribution in [3.8, 4) is 0 Å². The Labute approximate surface area is 296 Å². The minimum atomic E-state index is -3.53. The maximum atomic E-state index is 14.3. The van der Waals surface area contributed by atoms with E-state index in [9.17, 15) is 36.4 Å². The molecule has 4 N–H and O–H groups in total. The van der Waals surface area contributed by atoms with Gasteiger partial charge in [-0.25, -0.2) is 26.3 Å². The Morgan fingerprint density at radius 2 is 1.56 bits per heavy atom. The first-order valence-corrected chi connectivity index (χ1v) is 19.0. The van der Waals surface area contributed by atoms with Crippen LogP contribution < -0.4 is 21.3 Å². The van der Waals surface area contributed by atoms with Crippen LogP contribution in [0.15, 0.2) is 24.5 Å². The van der Waals surface area contributed by atoms with E-state index < -0.39 is 81.6 Å². The molecule has 1 aromatic rings. The number of hydrogen-bond acceptors (Lipinski definition) is 6. The zero-order valence-electron chi connectivity index (χ0n) is 31.3. The summed E-state index contributed by atoms with van der Waals surface area (Å²) in [5, 5.41) is 10.8. The van der Waals surface area contributed by atoms with Crippen molar-refractivity contribution in [2.75, 3.05) is 32.9 Å². The lowest BCUT2D eigenvalue weighted by Crippen LogP contribution is -2.62. The van der Waals surface area contributed by atoms with Gasteiger partial charge in [0.05, 0.1) is 6.26 Å². The number of urea groups is 1. The monoisotopic (exact) mass is 731 g/mol. The first kappa shape index (κ1) is 42.9. The predicted octanol–water partition coefficient (Wildman–Crippen LogP) is 3.03. The zero-order valence-corrected chi connectivity index (χ0v) is 32.1. The van der Waals surface area contributed by atoms with Crippen molar-refractivity contribution in [2.45, 2.75) is 112 Å². The average Bonchev–Trinajstić information content (AvgIpc) is 3.66. The minimum Gasteiger partial charge on any atom is -0.354 e. The number of sulfonamides is 1. The van der Waals surface area contributed by atoms with Crippen LogP contribution in [-0.4, -0.2) is 109 Å². The topological polar surface area (TPSA) is 162 Å². The molecule has 0 aliphatic carbocycles. The summed E-state index contributed by atoms with van der Waals surface area (Å²) in [7, 11) is -2.12. The van der Waals surface area contributed by atoms with E-state index in [-0.39, 0.29) is 31.5 Å². The lowest BCUT2D eigenvalue weighted by molar-refractivity contribution is -0.144. The van der Waals surface area contributed by atoms with Gasteiger partial charge < -0.3 is 30.7 Å². The summed E-state index contributed by atoms with van der Waals surface area (Å²) < 4.78 is 54.5. The van der Waals surface area contributed by atoms with Crippen molar-refractivity contribution in [3.05, 3.63) is 24.5 Å². The highest BCUT2D eigenvalue weighted by Crippen LogP contribution is 2.33. The molecule has 0 unspecified atom stereocenters. The van der Waals surface area contributed by atoms with Crippen molar-refractivity contribution in [3.63, 3.8) is 0 Å². The van der Waals surface area contributed by atoms with E-state index in [1.54, 1.807) is 20.8 Å². The van der Waals surface area contributed by atoms with Gasteiger partial charge in [0.2, 0.25) is 34.2 Å². The van der Waals surface area contributed by atoms with E-state index in [0.717, 1.165) is 10.6 Å². The maximum absolute atomic E-state index is 14.3. The zero-order chi connectivity index (χ0) is 38.2. The molecule has 5 amide bonds. The van der Waals surface area contributed by atoms with Gasteiger partial charge in [0, 0.05) is 58.1 Å². The van der Waals surface area contributed by atoms with Gasteiger partial charge in [-0.15, -0.1) is 0 Å². The first-order valence-electron chi connectivity index (χ1n) is 17.2. The second-order valence-corrected chi connectivity index (χ2v) is 17.9. The molecule has 1 aliphatic heterocycles.